The van der Waals surface area contributed by atoms with Gasteiger partial charge in [-0.3, -0.25) is 9.59 Å². The van der Waals surface area contributed by atoms with Gasteiger partial charge in [-0.25, -0.2) is 8.78 Å². The molecule has 2 aliphatic heterocycles. The summed E-state index contributed by atoms with van der Waals surface area (Å²) in [5, 5.41) is 9.07. The van der Waals surface area contributed by atoms with Crippen LogP contribution in [0.25, 0.3) is 0 Å². The highest BCUT2D eigenvalue weighted by atomic mass is 19.1. The summed E-state index contributed by atoms with van der Waals surface area (Å²) in [7, 11) is 1.50. The molecule has 0 saturated carbocycles. The Labute approximate surface area is 154 Å². The molecule has 0 aromatic heterocycles. The Kier molecular flexibility index (Phi) is 5.22. The van der Waals surface area contributed by atoms with Crippen molar-refractivity contribution >= 4 is 17.5 Å². The zero-order chi connectivity index (χ0) is 19.6. The maximum Gasteiger partial charge on any atom is 0.271 e. The molecule has 1 aromatic rings. The summed E-state index contributed by atoms with van der Waals surface area (Å²) in [4.78, 5) is 29.6. The average Bonchev–Trinajstić information content (AvgIpc) is 3.28. The molecule has 7 nitrogen and oxygen atoms in total. The smallest absolute Gasteiger partial charge is 0.271 e. The quantitative estimate of drug-likeness (QED) is 0.748. The van der Waals surface area contributed by atoms with E-state index in [1.165, 1.54) is 13.1 Å². The van der Waals surface area contributed by atoms with Gasteiger partial charge in [0, 0.05) is 31.5 Å². The number of hydrogen-bond donors (Lipinski definition) is 2. The van der Waals surface area contributed by atoms with Gasteiger partial charge in [-0.1, -0.05) is 11.7 Å². The van der Waals surface area contributed by atoms with Crippen LogP contribution in [0.4, 0.5) is 8.78 Å². The van der Waals surface area contributed by atoms with Gasteiger partial charge in [0.15, 0.2) is 0 Å². The van der Waals surface area contributed by atoms with Gasteiger partial charge in [0.1, 0.15) is 17.7 Å². The van der Waals surface area contributed by atoms with E-state index in [1.54, 1.807) is 0 Å². The van der Waals surface area contributed by atoms with Crippen LogP contribution < -0.4 is 10.6 Å². The molecule has 0 spiro atoms. The van der Waals surface area contributed by atoms with Gasteiger partial charge in [0.25, 0.3) is 5.91 Å². The summed E-state index contributed by atoms with van der Waals surface area (Å²) >= 11 is 0. The van der Waals surface area contributed by atoms with Crippen LogP contribution in [0, 0.1) is 11.6 Å². The fraction of sp³-hybridized carbons (Fsp3) is 0.389. The van der Waals surface area contributed by atoms with Crippen LogP contribution in [0.3, 0.4) is 0 Å². The topological polar surface area (TPSA) is 89.0 Å². The molecule has 2 heterocycles. The number of carbonyl (C=O) groups excluding carboxylic acids is 2. The summed E-state index contributed by atoms with van der Waals surface area (Å²) in [6.07, 6.45) is 0.950. The molecule has 2 aliphatic rings. The van der Waals surface area contributed by atoms with Crippen molar-refractivity contribution in [3.05, 3.63) is 48.1 Å². The molecule has 0 bridgehead atoms. The highest BCUT2D eigenvalue weighted by molar-refractivity contribution is 6.06. The minimum Gasteiger partial charge on any atom is -0.374 e. The van der Waals surface area contributed by atoms with Gasteiger partial charge < -0.3 is 20.2 Å². The second-order valence-electron chi connectivity index (χ2n) is 6.40. The molecule has 1 fully saturated rings. The van der Waals surface area contributed by atoms with Crippen molar-refractivity contribution in [2.45, 2.75) is 30.6 Å². The van der Waals surface area contributed by atoms with Crippen molar-refractivity contribution in [2.75, 3.05) is 13.7 Å². The van der Waals surface area contributed by atoms with E-state index >= 15 is 0 Å². The third kappa shape index (κ3) is 3.82. The van der Waals surface area contributed by atoms with Crippen molar-refractivity contribution in [1.29, 1.82) is 0 Å². The summed E-state index contributed by atoms with van der Waals surface area (Å²) in [5.74, 6) is -2.28. The number of likely N-dealkylation sites (N-methyl/N-ethyl adjacent to an activating group) is 1. The van der Waals surface area contributed by atoms with Gasteiger partial charge in [-0.15, -0.1) is 0 Å². The van der Waals surface area contributed by atoms with E-state index in [0.717, 1.165) is 18.2 Å². The van der Waals surface area contributed by atoms with Crippen LogP contribution in [0.2, 0.25) is 0 Å². The van der Waals surface area contributed by atoms with Crippen LogP contribution in [0.1, 0.15) is 18.4 Å². The molecular weight excluding hydrogens is 360 g/mol. The number of ether oxygens (including phenoxy) is 1. The molecule has 27 heavy (non-hydrogen) atoms. The van der Waals surface area contributed by atoms with Crippen molar-refractivity contribution < 1.29 is 27.9 Å². The Morgan fingerprint density at radius 3 is 2.67 bits per heavy atom. The Hall–Kier alpha value is -2.81. The molecule has 3 atom stereocenters. The average molecular weight is 379 g/mol. The molecule has 2 N–H and O–H groups in total. The van der Waals surface area contributed by atoms with E-state index in [0.29, 0.717) is 6.42 Å². The highest BCUT2D eigenvalue weighted by Gasteiger charge is 2.46. The Morgan fingerprint density at radius 2 is 2.04 bits per heavy atom. The minimum atomic E-state index is -1.50. The number of rotatable bonds is 5. The molecule has 144 valence electrons. The SMILES string of the molecule is C=CC1(C(=O)N[C@@H]2CO[C@H](C(=O)NC)C2)CC(c2cc(F)cc(F)c2)=NO1. The van der Waals surface area contributed by atoms with Gasteiger partial charge >= 0.3 is 0 Å². The number of oxime groups is 1. The van der Waals surface area contributed by atoms with Gasteiger partial charge in [0.05, 0.1) is 18.4 Å². The Morgan fingerprint density at radius 1 is 1.33 bits per heavy atom. The van der Waals surface area contributed by atoms with Crippen molar-refractivity contribution in [3.63, 3.8) is 0 Å². The summed E-state index contributed by atoms with van der Waals surface area (Å²) in [6, 6.07) is 2.59. The first kappa shape index (κ1) is 19.0. The van der Waals surface area contributed by atoms with Crippen molar-refractivity contribution in [2.24, 2.45) is 5.16 Å². The number of hydrogen-bond acceptors (Lipinski definition) is 5. The lowest BCUT2D eigenvalue weighted by Crippen LogP contribution is -2.49. The predicted molar refractivity (Wildman–Crippen MR) is 91.9 cm³/mol. The third-order valence-electron chi connectivity index (χ3n) is 4.53. The number of nitrogens with zero attached hydrogens (tertiary/aromatic N) is 1. The van der Waals surface area contributed by atoms with E-state index in [4.69, 9.17) is 9.57 Å². The van der Waals surface area contributed by atoms with E-state index in [1.807, 2.05) is 0 Å². The Balaban J connectivity index is 1.67. The summed E-state index contributed by atoms with van der Waals surface area (Å²) in [6.45, 7) is 3.81. The van der Waals surface area contributed by atoms with Crippen LogP contribution in [-0.4, -0.2) is 48.9 Å². The zero-order valence-electron chi connectivity index (χ0n) is 14.6. The normalized spacial score (nSPS) is 26.9. The highest BCUT2D eigenvalue weighted by Crippen LogP contribution is 2.29. The minimum absolute atomic E-state index is 0.0301. The van der Waals surface area contributed by atoms with Gasteiger partial charge in [-0.05, 0) is 18.2 Å². The van der Waals surface area contributed by atoms with Crippen LogP contribution in [0.15, 0.2) is 36.0 Å². The summed E-state index contributed by atoms with van der Waals surface area (Å²) in [5.41, 5.74) is -1.08. The van der Waals surface area contributed by atoms with E-state index < -0.39 is 29.2 Å². The zero-order valence-corrected chi connectivity index (χ0v) is 14.6. The lowest BCUT2D eigenvalue weighted by Gasteiger charge is -2.23. The molecule has 1 saturated heterocycles. The van der Waals surface area contributed by atoms with Crippen LogP contribution in [0.5, 0.6) is 0 Å². The number of amides is 2. The van der Waals surface area contributed by atoms with Crippen molar-refractivity contribution in [3.8, 4) is 0 Å². The standard InChI is InChI=1S/C18H19F2N3O4/c1-3-18(17(25)22-13-7-15(26-9-13)16(24)21-2)8-14(23-27-18)10-4-11(19)6-12(20)5-10/h3-6,13,15H,1,7-9H2,2H3,(H,21,24)(H,22,25)/t13-,15-,18?/m0/s1. The monoisotopic (exact) mass is 379 g/mol. The van der Waals surface area contributed by atoms with E-state index in [2.05, 4.69) is 22.4 Å². The number of benzene rings is 1. The van der Waals surface area contributed by atoms with E-state index in [9.17, 15) is 18.4 Å². The lowest BCUT2D eigenvalue weighted by atomic mass is 9.92. The lowest BCUT2D eigenvalue weighted by molar-refractivity contribution is -0.139. The fourth-order valence-electron chi connectivity index (χ4n) is 3.03. The Bertz CT molecular complexity index is 794. The second kappa shape index (κ2) is 7.43. The number of carbonyl (C=O) groups is 2. The molecule has 0 aliphatic carbocycles. The molecular formula is C18H19F2N3O4. The molecule has 2 amide bonds. The molecule has 9 heteroatoms. The molecule has 3 rings (SSSR count). The third-order valence-corrected chi connectivity index (χ3v) is 4.53. The number of halogens is 2. The maximum absolute atomic E-state index is 13.4. The van der Waals surface area contributed by atoms with Crippen LogP contribution in [-0.2, 0) is 19.2 Å². The maximum atomic E-state index is 13.4. The van der Waals surface area contributed by atoms with Gasteiger partial charge in [-0.2, -0.15) is 0 Å². The number of nitrogens with one attached hydrogen (secondary N) is 2. The fourth-order valence-corrected chi connectivity index (χ4v) is 3.03. The first-order valence-corrected chi connectivity index (χ1v) is 8.36. The molecule has 1 unspecified atom stereocenters. The molecule has 0 radical (unpaired) electrons. The van der Waals surface area contributed by atoms with Crippen molar-refractivity contribution in [1.82, 2.24) is 10.6 Å². The summed E-state index contributed by atoms with van der Waals surface area (Å²) < 4.78 is 32.2. The first-order chi connectivity index (χ1) is 12.9. The molecule has 1 aromatic carbocycles. The van der Waals surface area contributed by atoms with Gasteiger partial charge in [0.2, 0.25) is 11.5 Å². The second-order valence-corrected chi connectivity index (χ2v) is 6.40. The predicted octanol–water partition coefficient (Wildman–Crippen LogP) is 1.03. The van der Waals surface area contributed by atoms with Crippen LogP contribution >= 0.6 is 0 Å². The first-order valence-electron chi connectivity index (χ1n) is 8.36. The van der Waals surface area contributed by atoms with E-state index in [-0.39, 0.29) is 36.3 Å². The largest absolute Gasteiger partial charge is 0.374 e.